The molecule has 1 aromatic heterocycles. The number of thiophene rings is 1. The van der Waals surface area contributed by atoms with Crippen LogP contribution in [0.5, 0.6) is 0 Å². The molecule has 0 saturated heterocycles. The van der Waals surface area contributed by atoms with E-state index in [-0.39, 0.29) is 9.90 Å². The van der Waals surface area contributed by atoms with E-state index in [1.54, 1.807) is 0 Å². The Balaban J connectivity index is 2.23. The highest BCUT2D eigenvalue weighted by atomic mass is 32.2. The van der Waals surface area contributed by atoms with Crippen LogP contribution in [0.2, 0.25) is 0 Å². The van der Waals surface area contributed by atoms with Gasteiger partial charge in [-0.25, -0.2) is 8.42 Å². The topological polar surface area (TPSA) is 82.3 Å². The Morgan fingerprint density at radius 2 is 1.87 bits per heavy atom. The van der Waals surface area contributed by atoms with Crippen LogP contribution in [0.4, 0.5) is 18.9 Å². The van der Waals surface area contributed by atoms with Crippen molar-refractivity contribution in [2.75, 3.05) is 5.43 Å². The largest absolute Gasteiger partial charge is 0.416 e. The van der Waals surface area contributed by atoms with E-state index in [1.807, 2.05) is 0 Å². The molecular formula is C13H8F3N3O2S2. The van der Waals surface area contributed by atoms with Crippen molar-refractivity contribution in [3.63, 3.8) is 0 Å². The van der Waals surface area contributed by atoms with Crippen molar-refractivity contribution in [3.8, 4) is 6.07 Å². The molecule has 0 aliphatic carbocycles. The van der Waals surface area contributed by atoms with Gasteiger partial charge in [0.2, 0.25) is 9.84 Å². The molecule has 23 heavy (non-hydrogen) atoms. The summed E-state index contributed by atoms with van der Waals surface area (Å²) >= 11 is 0.927. The number of sulfone groups is 1. The number of anilines is 1. The number of halogens is 3. The highest BCUT2D eigenvalue weighted by Gasteiger charge is 2.30. The predicted octanol–water partition coefficient (Wildman–Crippen LogP) is 3.49. The second-order valence-electron chi connectivity index (χ2n) is 4.15. The Hall–Kier alpha value is -2.38. The van der Waals surface area contributed by atoms with E-state index in [9.17, 15) is 21.6 Å². The molecule has 0 spiro atoms. The molecule has 1 aromatic carbocycles. The molecule has 0 atom stereocenters. The van der Waals surface area contributed by atoms with Crippen LogP contribution in [0.25, 0.3) is 0 Å². The van der Waals surface area contributed by atoms with Crippen molar-refractivity contribution in [3.05, 3.63) is 47.3 Å². The first kappa shape index (κ1) is 17.0. The fourth-order valence-electron chi connectivity index (χ4n) is 1.51. The standard InChI is InChI=1S/C13H8F3N3O2S2/c14-13(15,16)9-3-5-10(6-4-9)18-19-11(8-17)23(20,21)12-2-1-7-22-12/h1-7,18H. The van der Waals surface area contributed by atoms with Gasteiger partial charge in [0.05, 0.1) is 11.3 Å². The maximum absolute atomic E-state index is 12.4. The Kier molecular flexibility index (Phi) is 4.72. The molecule has 0 bridgehead atoms. The fraction of sp³-hybridized carbons (Fsp3) is 0.0769. The molecule has 0 fully saturated rings. The molecule has 0 unspecified atom stereocenters. The number of hydrazone groups is 1. The average Bonchev–Trinajstić information content (AvgIpc) is 3.02. The molecule has 1 N–H and O–H groups in total. The van der Waals surface area contributed by atoms with Gasteiger partial charge in [0.1, 0.15) is 10.3 Å². The summed E-state index contributed by atoms with van der Waals surface area (Å²) in [5.74, 6) is 0. The normalized spacial score (nSPS) is 12.7. The summed E-state index contributed by atoms with van der Waals surface area (Å²) < 4.78 is 61.4. The minimum atomic E-state index is -4.47. The van der Waals surface area contributed by atoms with Gasteiger partial charge >= 0.3 is 6.18 Å². The SMILES string of the molecule is N#CC(=NNc1ccc(C(F)(F)F)cc1)S(=O)(=O)c1cccs1. The van der Waals surface area contributed by atoms with Crippen molar-refractivity contribution in [2.45, 2.75) is 10.4 Å². The number of benzene rings is 1. The van der Waals surface area contributed by atoms with E-state index in [2.05, 4.69) is 10.5 Å². The number of hydrogen-bond acceptors (Lipinski definition) is 6. The summed E-state index contributed by atoms with van der Waals surface area (Å²) in [5, 5.41) is 13.2. The van der Waals surface area contributed by atoms with Gasteiger partial charge in [0, 0.05) is 0 Å². The molecule has 10 heteroatoms. The van der Waals surface area contributed by atoms with E-state index in [1.165, 1.54) is 23.6 Å². The van der Waals surface area contributed by atoms with E-state index >= 15 is 0 Å². The Bertz CT molecular complexity index is 849. The van der Waals surface area contributed by atoms with Crippen LogP contribution in [-0.4, -0.2) is 13.5 Å². The smallest absolute Gasteiger partial charge is 0.277 e. The van der Waals surface area contributed by atoms with E-state index < -0.39 is 26.6 Å². The maximum atomic E-state index is 12.4. The van der Waals surface area contributed by atoms with E-state index in [4.69, 9.17) is 5.26 Å². The second kappa shape index (κ2) is 6.39. The minimum Gasteiger partial charge on any atom is -0.277 e. The van der Waals surface area contributed by atoms with Gasteiger partial charge in [0.25, 0.3) is 5.04 Å². The summed E-state index contributed by atoms with van der Waals surface area (Å²) in [7, 11) is -4.04. The molecule has 0 radical (unpaired) electrons. The molecule has 5 nitrogen and oxygen atoms in total. The van der Waals surface area contributed by atoms with Gasteiger partial charge in [-0.15, -0.1) is 11.3 Å². The molecule has 1 heterocycles. The van der Waals surface area contributed by atoms with Gasteiger partial charge in [-0.05, 0) is 35.7 Å². The van der Waals surface area contributed by atoms with Gasteiger partial charge in [-0.1, -0.05) is 6.07 Å². The predicted molar refractivity (Wildman–Crippen MR) is 79.6 cm³/mol. The molecule has 0 amide bonds. The van der Waals surface area contributed by atoms with Crippen molar-refractivity contribution in [1.29, 1.82) is 5.26 Å². The Morgan fingerprint density at radius 1 is 1.22 bits per heavy atom. The van der Waals surface area contributed by atoms with Crippen LogP contribution < -0.4 is 5.43 Å². The van der Waals surface area contributed by atoms with Gasteiger partial charge < -0.3 is 0 Å². The summed E-state index contributed by atoms with van der Waals surface area (Å²) in [6.45, 7) is 0. The third-order valence-corrected chi connectivity index (χ3v) is 5.57. The van der Waals surface area contributed by atoms with Crippen molar-refractivity contribution < 1.29 is 21.6 Å². The first-order chi connectivity index (χ1) is 10.7. The van der Waals surface area contributed by atoms with Crippen LogP contribution in [0.15, 0.2) is 51.1 Å². The van der Waals surface area contributed by atoms with Crippen molar-refractivity contribution in [1.82, 2.24) is 0 Å². The number of nitriles is 1. The lowest BCUT2D eigenvalue weighted by molar-refractivity contribution is -0.137. The van der Waals surface area contributed by atoms with E-state index in [0.29, 0.717) is 0 Å². The van der Waals surface area contributed by atoms with Crippen LogP contribution >= 0.6 is 11.3 Å². The second-order valence-corrected chi connectivity index (χ2v) is 7.19. The number of rotatable bonds is 3. The molecule has 120 valence electrons. The molecule has 2 rings (SSSR count). The Morgan fingerprint density at radius 3 is 2.35 bits per heavy atom. The fourth-order valence-corrected chi connectivity index (χ4v) is 3.60. The Labute approximate surface area is 133 Å². The zero-order valence-electron chi connectivity index (χ0n) is 11.2. The average molecular weight is 359 g/mol. The first-order valence-corrected chi connectivity index (χ1v) is 8.31. The number of nitrogens with one attached hydrogen (secondary N) is 1. The highest BCUT2D eigenvalue weighted by molar-refractivity contribution is 8.08. The minimum absolute atomic E-state index is 0.0491. The zero-order valence-corrected chi connectivity index (χ0v) is 12.8. The lowest BCUT2D eigenvalue weighted by atomic mass is 10.2. The van der Waals surface area contributed by atoms with Gasteiger partial charge in [-0.3, -0.25) is 5.43 Å². The summed E-state index contributed by atoms with van der Waals surface area (Å²) in [5.41, 5.74) is 1.54. The number of alkyl halides is 3. The van der Waals surface area contributed by atoms with Gasteiger partial charge in [-0.2, -0.15) is 23.5 Å². The number of hydrogen-bond donors (Lipinski definition) is 1. The lowest BCUT2D eigenvalue weighted by Crippen LogP contribution is -2.14. The first-order valence-electron chi connectivity index (χ1n) is 5.95. The molecule has 0 aliphatic heterocycles. The maximum Gasteiger partial charge on any atom is 0.416 e. The molecule has 0 aliphatic rings. The lowest BCUT2D eigenvalue weighted by Gasteiger charge is -2.07. The van der Waals surface area contributed by atoms with Crippen LogP contribution in [0.1, 0.15) is 5.56 Å². The summed E-state index contributed by atoms with van der Waals surface area (Å²) in [4.78, 5) is 0. The molecule has 0 saturated carbocycles. The van der Waals surface area contributed by atoms with E-state index in [0.717, 1.165) is 35.6 Å². The monoisotopic (exact) mass is 359 g/mol. The van der Waals surface area contributed by atoms with Crippen molar-refractivity contribution in [2.24, 2.45) is 5.10 Å². The summed E-state index contributed by atoms with van der Waals surface area (Å²) in [6, 6.07) is 8.10. The number of nitrogens with zero attached hydrogens (tertiary/aromatic N) is 2. The van der Waals surface area contributed by atoms with Crippen LogP contribution in [-0.2, 0) is 16.0 Å². The third kappa shape index (κ3) is 3.88. The van der Waals surface area contributed by atoms with Crippen LogP contribution in [0, 0.1) is 11.3 Å². The van der Waals surface area contributed by atoms with Crippen molar-refractivity contribution >= 4 is 31.9 Å². The van der Waals surface area contributed by atoms with Crippen LogP contribution in [0.3, 0.4) is 0 Å². The third-order valence-electron chi connectivity index (χ3n) is 2.61. The zero-order chi connectivity index (χ0) is 17.1. The molecule has 2 aromatic rings. The highest BCUT2D eigenvalue weighted by Crippen LogP contribution is 2.29. The quantitative estimate of drug-likeness (QED) is 0.517. The summed E-state index contributed by atoms with van der Waals surface area (Å²) in [6.07, 6.45) is -4.47. The molecular weight excluding hydrogens is 351 g/mol. The van der Waals surface area contributed by atoms with Gasteiger partial charge in [0.15, 0.2) is 0 Å².